The Labute approximate surface area is 175 Å². The molecule has 0 saturated carbocycles. The number of aryl methyl sites for hydroxylation is 1. The average Bonchev–Trinajstić information content (AvgIpc) is 3.08. The van der Waals surface area contributed by atoms with Crippen LogP contribution in [-0.4, -0.2) is 37.2 Å². The molecule has 1 atom stereocenters. The molecule has 5 nitrogen and oxygen atoms in total. The summed E-state index contributed by atoms with van der Waals surface area (Å²) >= 11 is 1.71. The minimum Gasteiger partial charge on any atom is -0.489 e. The van der Waals surface area contributed by atoms with Gasteiger partial charge in [0.25, 0.3) is 0 Å². The van der Waals surface area contributed by atoms with Crippen LogP contribution in [0.4, 0.5) is 4.39 Å². The highest BCUT2D eigenvalue weighted by Crippen LogP contribution is 2.12. The summed E-state index contributed by atoms with van der Waals surface area (Å²) in [6, 6.07) is 6.02. The Bertz CT molecular complexity index is 678. The lowest BCUT2D eigenvalue weighted by Gasteiger charge is -2.17. The van der Waals surface area contributed by atoms with Crippen molar-refractivity contribution in [1.29, 1.82) is 0 Å². The van der Waals surface area contributed by atoms with Crippen molar-refractivity contribution in [2.75, 3.05) is 20.1 Å². The zero-order valence-corrected chi connectivity index (χ0v) is 18.4. The van der Waals surface area contributed by atoms with Gasteiger partial charge in [0.1, 0.15) is 17.7 Å². The van der Waals surface area contributed by atoms with Crippen LogP contribution in [-0.2, 0) is 12.8 Å². The minimum atomic E-state index is -0.270. The van der Waals surface area contributed by atoms with Crippen molar-refractivity contribution in [3.8, 4) is 5.75 Å². The fourth-order valence-electron chi connectivity index (χ4n) is 2.18. The van der Waals surface area contributed by atoms with Crippen LogP contribution in [0.3, 0.4) is 0 Å². The van der Waals surface area contributed by atoms with Crippen LogP contribution in [0.25, 0.3) is 0 Å². The van der Waals surface area contributed by atoms with Crippen LogP contribution in [0.15, 0.2) is 34.6 Å². The largest absolute Gasteiger partial charge is 0.489 e. The summed E-state index contributed by atoms with van der Waals surface area (Å²) in [5.41, 5.74) is 1.11. The molecular weight excluding hydrogens is 466 g/mol. The van der Waals surface area contributed by atoms with Gasteiger partial charge < -0.3 is 15.4 Å². The molecule has 0 fully saturated rings. The van der Waals surface area contributed by atoms with Crippen LogP contribution in [0, 0.1) is 5.82 Å². The van der Waals surface area contributed by atoms with E-state index in [1.54, 1.807) is 30.5 Å². The number of aliphatic imine (C=N–C) groups is 1. The van der Waals surface area contributed by atoms with Gasteiger partial charge in [-0.3, -0.25) is 4.99 Å². The van der Waals surface area contributed by atoms with Gasteiger partial charge in [0.05, 0.1) is 17.2 Å². The smallest absolute Gasteiger partial charge is 0.191 e. The molecule has 0 amide bonds. The van der Waals surface area contributed by atoms with Crippen molar-refractivity contribution in [2.24, 2.45) is 4.99 Å². The zero-order valence-electron chi connectivity index (χ0n) is 15.3. The number of nitrogens with one attached hydrogen (secondary N) is 2. The second-order valence-corrected chi connectivity index (χ2v) is 6.54. The lowest BCUT2D eigenvalue weighted by molar-refractivity contribution is 0.223. The first-order valence-corrected chi connectivity index (χ1v) is 9.28. The molecule has 0 bridgehead atoms. The molecule has 2 N–H and O–H groups in total. The fourth-order valence-corrected chi connectivity index (χ4v) is 2.96. The predicted molar refractivity (Wildman–Crippen MR) is 116 cm³/mol. The molecule has 1 aromatic carbocycles. The molecule has 0 aliphatic rings. The summed E-state index contributed by atoms with van der Waals surface area (Å²) in [6.07, 6.45) is 1.76. The first-order chi connectivity index (χ1) is 12.1. The maximum absolute atomic E-state index is 12.9. The van der Waals surface area contributed by atoms with Gasteiger partial charge >= 0.3 is 0 Å². The van der Waals surface area contributed by atoms with Gasteiger partial charge in [-0.25, -0.2) is 9.37 Å². The lowest BCUT2D eigenvalue weighted by atomic mass is 10.3. The maximum Gasteiger partial charge on any atom is 0.191 e. The number of ether oxygens (including phenoxy) is 1. The SMILES string of the molecule is CCc1nc(CCNC(=NC)NCC(C)Oc2ccc(F)cc2)cs1.I. The first-order valence-electron chi connectivity index (χ1n) is 8.40. The van der Waals surface area contributed by atoms with Crippen molar-refractivity contribution < 1.29 is 9.13 Å². The molecular formula is C18H26FIN4OS. The van der Waals surface area contributed by atoms with Gasteiger partial charge in [-0.05, 0) is 37.6 Å². The molecule has 0 radical (unpaired) electrons. The van der Waals surface area contributed by atoms with Crippen molar-refractivity contribution in [2.45, 2.75) is 32.8 Å². The molecule has 26 heavy (non-hydrogen) atoms. The highest BCUT2D eigenvalue weighted by Gasteiger charge is 2.06. The summed E-state index contributed by atoms with van der Waals surface area (Å²) in [4.78, 5) is 8.75. The number of guanidine groups is 1. The molecule has 0 spiro atoms. The van der Waals surface area contributed by atoms with Gasteiger partial charge in [-0.2, -0.15) is 0 Å². The third kappa shape index (κ3) is 7.86. The predicted octanol–water partition coefficient (Wildman–Crippen LogP) is 3.64. The first kappa shape index (κ1) is 22.6. The van der Waals surface area contributed by atoms with Gasteiger partial charge in [0, 0.05) is 25.4 Å². The van der Waals surface area contributed by atoms with E-state index in [1.807, 2.05) is 6.92 Å². The number of thiazole rings is 1. The van der Waals surface area contributed by atoms with Crippen LogP contribution in [0.5, 0.6) is 5.75 Å². The molecule has 1 unspecified atom stereocenters. The third-order valence-corrected chi connectivity index (χ3v) is 4.55. The molecule has 144 valence electrons. The zero-order chi connectivity index (χ0) is 18.1. The highest BCUT2D eigenvalue weighted by molar-refractivity contribution is 14.0. The number of rotatable bonds is 8. The van der Waals surface area contributed by atoms with E-state index in [0.717, 1.165) is 31.0 Å². The van der Waals surface area contributed by atoms with Gasteiger partial charge in [0.15, 0.2) is 5.96 Å². The van der Waals surface area contributed by atoms with Crippen molar-refractivity contribution in [3.63, 3.8) is 0 Å². The van der Waals surface area contributed by atoms with E-state index >= 15 is 0 Å². The second kappa shape index (κ2) is 12.1. The van der Waals surface area contributed by atoms with E-state index in [0.29, 0.717) is 12.3 Å². The molecule has 1 aromatic heterocycles. The van der Waals surface area contributed by atoms with E-state index in [1.165, 1.54) is 17.1 Å². The molecule has 2 aromatic rings. The summed E-state index contributed by atoms with van der Waals surface area (Å²) in [7, 11) is 1.73. The number of benzene rings is 1. The Morgan fingerprint density at radius 3 is 2.65 bits per heavy atom. The Morgan fingerprint density at radius 2 is 2.04 bits per heavy atom. The molecule has 0 aliphatic carbocycles. The molecule has 0 aliphatic heterocycles. The van der Waals surface area contributed by atoms with Gasteiger partial charge in [-0.1, -0.05) is 6.92 Å². The maximum atomic E-state index is 12.9. The van der Waals surface area contributed by atoms with Crippen LogP contribution in [0.2, 0.25) is 0 Å². The Hall–Kier alpha value is -1.42. The third-order valence-electron chi connectivity index (χ3n) is 3.51. The van der Waals surface area contributed by atoms with E-state index in [4.69, 9.17) is 4.74 Å². The quantitative estimate of drug-likeness (QED) is 0.336. The topological polar surface area (TPSA) is 58.5 Å². The van der Waals surface area contributed by atoms with Crippen LogP contribution >= 0.6 is 35.3 Å². The number of halogens is 2. The number of hydrogen-bond donors (Lipinski definition) is 2. The van der Waals surface area contributed by atoms with E-state index in [-0.39, 0.29) is 35.9 Å². The standard InChI is InChI=1S/C18H25FN4OS.HI/c1-4-17-23-15(12-25-17)9-10-21-18(20-3)22-11-13(2)24-16-7-5-14(19)6-8-16;/h5-8,12-13H,4,9-11H2,1-3H3,(H2,20,21,22);1H. The Kier molecular flexibility index (Phi) is 10.5. The summed E-state index contributed by atoms with van der Waals surface area (Å²) < 4.78 is 18.6. The normalized spacial score (nSPS) is 12.2. The van der Waals surface area contributed by atoms with E-state index in [2.05, 4.69) is 32.9 Å². The highest BCUT2D eigenvalue weighted by atomic mass is 127. The summed E-state index contributed by atoms with van der Waals surface area (Å²) in [5.74, 6) is 1.10. The van der Waals surface area contributed by atoms with E-state index in [9.17, 15) is 4.39 Å². The van der Waals surface area contributed by atoms with Crippen LogP contribution < -0.4 is 15.4 Å². The van der Waals surface area contributed by atoms with Crippen molar-refractivity contribution >= 4 is 41.3 Å². The average molecular weight is 492 g/mol. The number of hydrogen-bond acceptors (Lipinski definition) is 4. The number of nitrogens with zero attached hydrogens (tertiary/aromatic N) is 2. The number of aromatic nitrogens is 1. The Balaban J connectivity index is 0.00000338. The minimum absolute atomic E-state index is 0. The Morgan fingerprint density at radius 1 is 1.31 bits per heavy atom. The molecule has 8 heteroatoms. The summed E-state index contributed by atoms with van der Waals surface area (Å²) in [5, 5.41) is 9.77. The lowest BCUT2D eigenvalue weighted by Crippen LogP contribution is -2.42. The second-order valence-electron chi connectivity index (χ2n) is 5.60. The van der Waals surface area contributed by atoms with Gasteiger partial charge in [-0.15, -0.1) is 35.3 Å². The molecule has 2 rings (SSSR count). The molecule has 1 heterocycles. The fraction of sp³-hybridized carbons (Fsp3) is 0.444. The van der Waals surface area contributed by atoms with E-state index < -0.39 is 0 Å². The van der Waals surface area contributed by atoms with Gasteiger partial charge in [0.2, 0.25) is 0 Å². The molecule has 0 saturated heterocycles. The van der Waals surface area contributed by atoms with Crippen molar-refractivity contribution in [3.05, 3.63) is 46.2 Å². The van der Waals surface area contributed by atoms with Crippen molar-refractivity contribution in [1.82, 2.24) is 15.6 Å². The monoisotopic (exact) mass is 492 g/mol. The van der Waals surface area contributed by atoms with Crippen LogP contribution in [0.1, 0.15) is 24.5 Å². The summed E-state index contributed by atoms with van der Waals surface area (Å²) in [6.45, 7) is 5.42.